The molecule has 4 heteroatoms. The number of halogens is 1. The van der Waals surface area contributed by atoms with Crippen molar-refractivity contribution in [3.05, 3.63) is 52.3 Å². The van der Waals surface area contributed by atoms with Gasteiger partial charge in [0.15, 0.2) is 0 Å². The predicted octanol–water partition coefficient (Wildman–Crippen LogP) is 4.39. The van der Waals surface area contributed by atoms with Crippen molar-refractivity contribution in [3.63, 3.8) is 0 Å². The maximum Gasteiger partial charge on any atom is 0.272 e. The van der Waals surface area contributed by atoms with E-state index in [4.69, 9.17) is 0 Å². The molecule has 0 saturated carbocycles. The highest BCUT2D eigenvalue weighted by atomic mass is 79.9. The molecule has 0 atom stereocenters. The minimum Gasteiger partial charge on any atom is -0.341 e. The van der Waals surface area contributed by atoms with E-state index >= 15 is 0 Å². The van der Waals surface area contributed by atoms with Gasteiger partial charge in [0, 0.05) is 22.4 Å². The molecular formula is C15H17BrN2O. The Hall–Kier alpha value is -1.55. The van der Waals surface area contributed by atoms with Crippen molar-refractivity contribution in [1.29, 1.82) is 0 Å². The van der Waals surface area contributed by atoms with Crippen LogP contribution in [0.1, 0.15) is 35.9 Å². The summed E-state index contributed by atoms with van der Waals surface area (Å²) in [5.74, 6) is -0.0869. The molecule has 0 spiro atoms. The van der Waals surface area contributed by atoms with Crippen molar-refractivity contribution < 1.29 is 4.79 Å². The molecule has 19 heavy (non-hydrogen) atoms. The number of hydrogen-bond acceptors (Lipinski definition) is 1. The number of benzene rings is 1. The van der Waals surface area contributed by atoms with Gasteiger partial charge < -0.3 is 9.88 Å². The van der Waals surface area contributed by atoms with Crippen LogP contribution in [-0.4, -0.2) is 10.5 Å². The van der Waals surface area contributed by atoms with Crippen LogP contribution in [0, 0.1) is 6.92 Å². The number of carbonyl (C=O) groups excluding carboxylic acids is 1. The second-order valence-electron chi connectivity index (χ2n) is 4.87. The van der Waals surface area contributed by atoms with E-state index in [1.807, 2.05) is 48.0 Å². The number of rotatable bonds is 3. The molecule has 3 nitrogen and oxygen atoms in total. The Labute approximate surface area is 121 Å². The van der Waals surface area contributed by atoms with E-state index in [0.717, 1.165) is 15.7 Å². The lowest BCUT2D eigenvalue weighted by molar-refractivity contribution is 0.101. The van der Waals surface area contributed by atoms with Gasteiger partial charge in [0.05, 0.1) is 0 Å². The van der Waals surface area contributed by atoms with Crippen molar-refractivity contribution in [1.82, 2.24) is 4.57 Å². The van der Waals surface area contributed by atoms with Gasteiger partial charge in [-0.3, -0.25) is 4.79 Å². The quantitative estimate of drug-likeness (QED) is 0.894. The van der Waals surface area contributed by atoms with E-state index in [1.54, 1.807) is 0 Å². The number of anilines is 1. The predicted molar refractivity (Wildman–Crippen MR) is 81.6 cm³/mol. The maximum absolute atomic E-state index is 12.3. The molecule has 0 bridgehead atoms. The number of hydrogen-bond donors (Lipinski definition) is 1. The fourth-order valence-corrected chi connectivity index (χ4v) is 2.65. The molecule has 1 N–H and O–H groups in total. The molecule has 1 aromatic carbocycles. The summed E-state index contributed by atoms with van der Waals surface area (Å²) in [7, 11) is 0. The normalized spacial score (nSPS) is 10.8. The summed E-state index contributed by atoms with van der Waals surface area (Å²) < 4.78 is 2.92. The molecule has 1 amide bonds. The number of carbonyl (C=O) groups is 1. The number of aromatic nitrogens is 1. The minimum atomic E-state index is -0.0869. The van der Waals surface area contributed by atoms with Crippen LogP contribution in [0.2, 0.25) is 0 Å². The highest BCUT2D eigenvalue weighted by Gasteiger charge is 2.13. The first-order valence-corrected chi connectivity index (χ1v) is 7.02. The number of nitrogens with zero attached hydrogens (tertiary/aromatic N) is 1. The second kappa shape index (κ2) is 5.61. The highest BCUT2D eigenvalue weighted by Crippen LogP contribution is 2.20. The molecule has 0 aliphatic heterocycles. The molecule has 0 aliphatic carbocycles. The van der Waals surface area contributed by atoms with Crippen molar-refractivity contribution in [2.45, 2.75) is 26.8 Å². The van der Waals surface area contributed by atoms with E-state index in [9.17, 15) is 4.79 Å². The van der Waals surface area contributed by atoms with Crippen LogP contribution >= 0.6 is 15.9 Å². The van der Waals surface area contributed by atoms with E-state index in [0.29, 0.717) is 5.69 Å². The van der Waals surface area contributed by atoms with Crippen molar-refractivity contribution in [3.8, 4) is 0 Å². The van der Waals surface area contributed by atoms with Crippen LogP contribution in [0.3, 0.4) is 0 Å². The van der Waals surface area contributed by atoms with Gasteiger partial charge in [-0.05, 0) is 56.7 Å². The van der Waals surface area contributed by atoms with Gasteiger partial charge in [-0.15, -0.1) is 0 Å². The van der Waals surface area contributed by atoms with Gasteiger partial charge in [0.2, 0.25) is 0 Å². The van der Waals surface area contributed by atoms with E-state index < -0.39 is 0 Å². The first kappa shape index (κ1) is 13.9. The Morgan fingerprint density at radius 3 is 2.68 bits per heavy atom. The number of amides is 1. The lowest BCUT2D eigenvalue weighted by Crippen LogP contribution is -2.17. The highest BCUT2D eigenvalue weighted by molar-refractivity contribution is 9.10. The van der Waals surface area contributed by atoms with Crippen LogP contribution in [0.4, 0.5) is 5.69 Å². The molecule has 0 fully saturated rings. The Balaban J connectivity index is 2.23. The van der Waals surface area contributed by atoms with Gasteiger partial charge in [-0.2, -0.15) is 0 Å². The molecule has 0 saturated heterocycles. The molecule has 0 aliphatic rings. The first-order valence-electron chi connectivity index (χ1n) is 6.23. The number of aryl methyl sites for hydroxylation is 1. The SMILES string of the molecule is Cc1cc(Br)cc(NC(=O)c2cccn2C(C)C)c1. The zero-order valence-corrected chi connectivity index (χ0v) is 12.9. The Kier molecular flexibility index (Phi) is 4.10. The second-order valence-corrected chi connectivity index (χ2v) is 5.78. The lowest BCUT2D eigenvalue weighted by atomic mass is 10.2. The fourth-order valence-electron chi connectivity index (χ4n) is 2.04. The zero-order chi connectivity index (χ0) is 14.0. The summed E-state index contributed by atoms with van der Waals surface area (Å²) >= 11 is 3.43. The third-order valence-corrected chi connectivity index (χ3v) is 3.33. The number of nitrogens with one attached hydrogen (secondary N) is 1. The van der Waals surface area contributed by atoms with Crippen LogP contribution < -0.4 is 5.32 Å². The molecule has 1 aromatic heterocycles. The molecule has 2 aromatic rings. The van der Waals surface area contributed by atoms with E-state index in [2.05, 4.69) is 35.1 Å². The van der Waals surface area contributed by atoms with Gasteiger partial charge >= 0.3 is 0 Å². The summed E-state index contributed by atoms with van der Waals surface area (Å²) in [5.41, 5.74) is 2.57. The molecular weight excluding hydrogens is 304 g/mol. The summed E-state index contributed by atoms with van der Waals surface area (Å²) in [6.45, 7) is 6.11. The largest absolute Gasteiger partial charge is 0.341 e. The van der Waals surface area contributed by atoms with Crippen LogP contribution in [0.15, 0.2) is 41.0 Å². The van der Waals surface area contributed by atoms with Crippen molar-refractivity contribution >= 4 is 27.5 Å². The van der Waals surface area contributed by atoms with Gasteiger partial charge in [-0.1, -0.05) is 15.9 Å². The molecule has 0 radical (unpaired) electrons. The molecule has 2 rings (SSSR count). The van der Waals surface area contributed by atoms with E-state index in [-0.39, 0.29) is 11.9 Å². The van der Waals surface area contributed by atoms with Gasteiger partial charge in [0.25, 0.3) is 5.91 Å². The third-order valence-electron chi connectivity index (χ3n) is 2.87. The lowest BCUT2D eigenvalue weighted by Gasteiger charge is -2.13. The maximum atomic E-state index is 12.3. The van der Waals surface area contributed by atoms with Crippen molar-refractivity contribution in [2.75, 3.05) is 5.32 Å². The van der Waals surface area contributed by atoms with Crippen LogP contribution in [-0.2, 0) is 0 Å². The Morgan fingerprint density at radius 2 is 2.05 bits per heavy atom. The molecule has 100 valence electrons. The minimum absolute atomic E-state index is 0.0869. The smallest absolute Gasteiger partial charge is 0.272 e. The Morgan fingerprint density at radius 1 is 1.32 bits per heavy atom. The summed E-state index contributed by atoms with van der Waals surface area (Å²) in [4.78, 5) is 12.3. The molecule has 1 heterocycles. The molecule has 0 unspecified atom stereocenters. The Bertz CT molecular complexity index is 582. The summed E-state index contributed by atoms with van der Waals surface area (Å²) in [6.07, 6.45) is 1.92. The van der Waals surface area contributed by atoms with Crippen LogP contribution in [0.5, 0.6) is 0 Å². The zero-order valence-electron chi connectivity index (χ0n) is 11.3. The third kappa shape index (κ3) is 3.26. The first-order chi connectivity index (χ1) is 8.97. The van der Waals surface area contributed by atoms with Crippen molar-refractivity contribution in [2.24, 2.45) is 0 Å². The van der Waals surface area contributed by atoms with Crippen LogP contribution in [0.25, 0.3) is 0 Å². The summed E-state index contributed by atoms with van der Waals surface area (Å²) in [6, 6.07) is 9.84. The van der Waals surface area contributed by atoms with E-state index in [1.165, 1.54) is 0 Å². The topological polar surface area (TPSA) is 34.0 Å². The summed E-state index contributed by atoms with van der Waals surface area (Å²) in [5, 5.41) is 2.93. The fraction of sp³-hybridized carbons (Fsp3) is 0.267. The van der Waals surface area contributed by atoms with Gasteiger partial charge in [-0.25, -0.2) is 0 Å². The monoisotopic (exact) mass is 320 g/mol. The average Bonchev–Trinajstić information content (AvgIpc) is 2.75. The van der Waals surface area contributed by atoms with Gasteiger partial charge in [0.1, 0.15) is 5.69 Å². The average molecular weight is 321 g/mol. The standard InChI is InChI=1S/C15H17BrN2O/c1-10(2)18-6-4-5-14(18)15(19)17-13-8-11(3)7-12(16)9-13/h4-10H,1-3H3,(H,17,19).